The van der Waals surface area contributed by atoms with Crippen LogP contribution in [0.15, 0.2) is 18.2 Å². The maximum atomic E-state index is 13.0. The van der Waals surface area contributed by atoms with Crippen LogP contribution in [0.4, 0.5) is 23.3 Å². The number of carbonyl (C=O) groups is 2. The minimum absolute atomic E-state index is 0.0188. The molecule has 1 aromatic heterocycles. The number of anilines is 4. The summed E-state index contributed by atoms with van der Waals surface area (Å²) in [5.74, 6) is -0.361. The molecule has 1 saturated heterocycles. The zero-order valence-electron chi connectivity index (χ0n) is 16.2. The fourth-order valence-electron chi connectivity index (χ4n) is 3.74. The predicted molar refractivity (Wildman–Crippen MR) is 113 cm³/mol. The van der Waals surface area contributed by atoms with E-state index in [0.717, 1.165) is 31.5 Å². The predicted octanol–water partition coefficient (Wildman–Crippen LogP) is 3.08. The van der Waals surface area contributed by atoms with Crippen LogP contribution in [-0.2, 0) is 9.59 Å². The lowest BCUT2D eigenvalue weighted by molar-refractivity contribution is -0.123. The molecule has 0 unspecified atom stereocenters. The van der Waals surface area contributed by atoms with Gasteiger partial charge in [-0.05, 0) is 43.9 Å². The normalized spacial score (nSPS) is 18.8. The van der Waals surface area contributed by atoms with Crippen molar-refractivity contribution in [3.63, 3.8) is 0 Å². The van der Waals surface area contributed by atoms with E-state index in [0.29, 0.717) is 28.0 Å². The van der Waals surface area contributed by atoms with Gasteiger partial charge >= 0.3 is 0 Å². The van der Waals surface area contributed by atoms with E-state index < -0.39 is 5.92 Å². The van der Waals surface area contributed by atoms with Gasteiger partial charge in [-0.25, -0.2) is 0 Å². The van der Waals surface area contributed by atoms with Gasteiger partial charge in [0.1, 0.15) is 11.6 Å². The molecule has 0 spiro atoms. The molecule has 0 saturated carbocycles. The Balaban J connectivity index is 1.63. The van der Waals surface area contributed by atoms with Crippen molar-refractivity contribution < 1.29 is 9.59 Å². The summed E-state index contributed by atoms with van der Waals surface area (Å²) in [5.41, 5.74) is 8.16. The second-order valence-electron chi connectivity index (χ2n) is 7.48. The molecule has 1 atom stereocenters. The highest BCUT2D eigenvalue weighted by molar-refractivity contribution is 6.31. The summed E-state index contributed by atoms with van der Waals surface area (Å²) in [6.45, 7) is 3.59. The molecule has 0 radical (unpaired) electrons. The van der Waals surface area contributed by atoms with Crippen LogP contribution in [0, 0.1) is 6.92 Å². The van der Waals surface area contributed by atoms with Gasteiger partial charge in [-0.1, -0.05) is 17.7 Å². The monoisotopic (exact) mass is 414 g/mol. The Morgan fingerprint density at radius 3 is 2.76 bits per heavy atom. The summed E-state index contributed by atoms with van der Waals surface area (Å²) in [7, 11) is 0. The van der Waals surface area contributed by atoms with E-state index in [4.69, 9.17) is 17.3 Å². The molecule has 0 bridgehead atoms. The van der Waals surface area contributed by atoms with E-state index in [2.05, 4.69) is 25.5 Å². The number of rotatable bonds is 3. The Labute approximate surface area is 173 Å². The molecule has 2 amide bonds. The molecule has 9 heteroatoms. The van der Waals surface area contributed by atoms with Crippen molar-refractivity contribution >= 4 is 46.7 Å². The Morgan fingerprint density at radius 2 is 2.03 bits per heavy atom. The van der Waals surface area contributed by atoms with Crippen molar-refractivity contribution in [2.75, 3.05) is 34.4 Å². The summed E-state index contributed by atoms with van der Waals surface area (Å²) < 4.78 is 0. The molecule has 0 aliphatic carbocycles. The maximum absolute atomic E-state index is 13.0. The molecule has 8 nitrogen and oxygen atoms in total. The third kappa shape index (κ3) is 3.98. The van der Waals surface area contributed by atoms with Crippen LogP contribution in [-0.4, -0.2) is 34.9 Å². The van der Waals surface area contributed by atoms with Crippen molar-refractivity contribution in [1.82, 2.24) is 9.97 Å². The van der Waals surface area contributed by atoms with Crippen molar-refractivity contribution in [3.8, 4) is 0 Å². The minimum atomic E-state index is -0.769. The first-order chi connectivity index (χ1) is 13.9. The van der Waals surface area contributed by atoms with Crippen LogP contribution in [0.25, 0.3) is 0 Å². The lowest BCUT2D eigenvalue weighted by Gasteiger charge is -2.30. The van der Waals surface area contributed by atoms with Gasteiger partial charge in [0, 0.05) is 30.2 Å². The summed E-state index contributed by atoms with van der Waals surface area (Å²) in [4.78, 5) is 36.2. The first-order valence-electron chi connectivity index (χ1n) is 9.71. The van der Waals surface area contributed by atoms with Gasteiger partial charge in [0.25, 0.3) is 0 Å². The number of nitrogen functional groups attached to an aromatic ring is 1. The summed E-state index contributed by atoms with van der Waals surface area (Å²) in [5, 5.41) is 6.12. The lowest BCUT2D eigenvalue weighted by atomic mass is 9.91. The Bertz CT molecular complexity index is 974. The van der Waals surface area contributed by atoms with Gasteiger partial charge in [0.15, 0.2) is 0 Å². The molecular weight excluding hydrogens is 392 g/mol. The van der Waals surface area contributed by atoms with Crippen molar-refractivity contribution in [3.05, 3.63) is 34.3 Å². The number of amides is 2. The molecule has 29 heavy (non-hydrogen) atoms. The summed E-state index contributed by atoms with van der Waals surface area (Å²) in [6.07, 6.45) is 3.29. The number of aromatic nitrogens is 2. The number of benzene rings is 1. The number of nitrogens with zero attached hydrogens (tertiary/aromatic N) is 3. The zero-order valence-corrected chi connectivity index (χ0v) is 16.9. The van der Waals surface area contributed by atoms with Crippen LogP contribution < -0.4 is 21.3 Å². The molecule has 1 aromatic carbocycles. The third-order valence-corrected chi connectivity index (χ3v) is 5.76. The highest BCUT2D eigenvalue weighted by atomic mass is 35.5. The molecule has 3 heterocycles. The molecule has 4 rings (SSSR count). The highest BCUT2D eigenvalue weighted by Crippen LogP contribution is 2.37. The molecule has 2 aliphatic heterocycles. The first-order valence-corrected chi connectivity index (χ1v) is 10.1. The largest absolute Gasteiger partial charge is 0.383 e. The molecule has 1 fully saturated rings. The Morgan fingerprint density at radius 1 is 1.28 bits per heavy atom. The van der Waals surface area contributed by atoms with E-state index in [1.54, 1.807) is 12.1 Å². The van der Waals surface area contributed by atoms with Crippen LogP contribution in [0.1, 0.15) is 42.7 Å². The molecule has 152 valence electrons. The number of hydrogen-bond donors (Lipinski definition) is 3. The average molecular weight is 415 g/mol. The van der Waals surface area contributed by atoms with Crippen LogP contribution >= 0.6 is 11.6 Å². The zero-order chi connectivity index (χ0) is 20.5. The quantitative estimate of drug-likeness (QED) is 0.711. The summed E-state index contributed by atoms with van der Waals surface area (Å²) in [6, 6.07) is 5.27. The van der Waals surface area contributed by atoms with Gasteiger partial charge in [0.2, 0.25) is 17.8 Å². The van der Waals surface area contributed by atoms with Crippen molar-refractivity contribution in [2.45, 2.75) is 38.5 Å². The first kappa shape index (κ1) is 19.4. The topological polar surface area (TPSA) is 113 Å². The van der Waals surface area contributed by atoms with Crippen molar-refractivity contribution in [2.24, 2.45) is 0 Å². The smallest absolute Gasteiger partial charge is 0.232 e. The Kier molecular flexibility index (Phi) is 5.27. The second-order valence-corrected chi connectivity index (χ2v) is 7.88. The second kappa shape index (κ2) is 7.87. The van der Waals surface area contributed by atoms with Gasteiger partial charge in [-0.3, -0.25) is 9.59 Å². The third-order valence-electron chi connectivity index (χ3n) is 5.35. The van der Waals surface area contributed by atoms with Crippen LogP contribution in [0.2, 0.25) is 5.02 Å². The highest BCUT2D eigenvalue weighted by Gasteiger charge is 2.35. The van der Waals surface area contributed by atoms with E-state index in [-0.39, 0.29) is 24.1 Å². The minimum Gasteiger partial charge on any atom is -0.383 e. The number of nitrogens with one attached hydrogen (secondary N) is 2. The summed E-state index contributed by atoms with van der Waals surface area (Å²) >= 11 is 6.14. The standard InChI is InChI=1S/C20H23ClN6O2/c1-11-5-6-12(9-14(11)21)23-19(29)13-10-15(28)24-18-16(13)17(22)25-20(26-18)27-7-3-2-4-8-27/h5-6,9,13H,2-4,7-8,10H2,1H3,(H,23,29)(H3,22,24,25,26,28)/t13-/m0/s1. The van der Waals surface area contributed by atoms with Gasteiger partial charge in [0.05, 0.1) is 11.5 Å². The number of nitrogens with two attached hydrogens (primary N) is 1. The number of piperidine rings is 1. The number of aryl methyl sites for hydroxylation is 1. The molecule has 2 aromatic rings. The number of halogens is 1. The van der Waals surface area contributed by atoms with Crippen molar-refractivity contribution in [1.29, 1.82) is 0 Å². The lowest BCUT2D eigenvalue weighted by Crippen LogP contribution is -2.35. The molecule has 4 N–H and O–H groups in total. The molecule has 2 aliphatic rings. The maximum Gasteiger partial charge on any atom is 0.232 e. The number of hydrogen-bond acceptors (Lipinski definition) is 6. The number of fused-ring (bicyclic) bond motifs is 1. The number of carbonyl (C=O) groups excluding carboxylic acids is 2. The Hall–Kier alpha value is -2.87. The van der Waals surface area contributed by atoms with Crippen LogP contribution in [0.3, 0.4) is 0 Å². The van der Waals surface area contributed by atoms with Gasteiger partial charge < -0.3 is 21.3 Å². The average Bonchev–Trinajstić information content (AvgIpc) is 2.70. The fourth-order valence-corrected chi connectivity index (χ4v) is 3.92. The van der Waals surface area contributed by atoms with Gasteiger partial charge in [-0.15, -0.1) is 0 Å². The van der Waals surface area contributed by atoms with E-state index in [1.807, 2.05) is 13.0 Å². The van der Waals surface area contributed by atoms with Gasteiger partial charge in [-0.2, -0.15) is 9.97 Å². The van der Waals surface area contributed by atoms with E-state index >= 15 is 0 Å². The fraction of sp³-hybridized carbons (Fsp3) is 0.400. The SMILES string of the molecule is Cc1ccc(NC(=O)[C@H]2CC(=O)Nc3nc(N4CCCCC4)nc(N)c32)cc1Cl. The van der Waals surface area contributed by atoms with Crippen LogP contribution in [0.5, 0.6) is 0 Å². The molecular formula is C20H23ClN6O2. The van der Waals surface area contributed by atoms with E-state index in [9.17, 15) is 9.59 Å². The van der Waals surface area contributed by atoms with E-state index in [1.165, 1.54) is 6.42 Å².